The van der Waals surface area contributed by atoms with Gasteiger partial charge in [-0.15, -0.1) is 0 Å². The third-order valence-corrected chi connectivity index (χ3v) is 4.41. The van der Waals surface area contributed by atoms with Crippen molar-refractivity contribution in [2.24, 2.45) is 7.05 Å². The van der Waals surface area contributed by atoms with Gasteiger partial charge in [-0.2, -0.15) is 0 Å². The summed E-state index contributed by atoms with van der Waals surface area (Å²) in [4.78, 5) is 28.6. The zero-order valence-corrected chi connectivity index (χ0v) is 17.1. The van der Waals surface area contributed by atoms with Crippen molar-refractivity contribution in [2.45, 2.75) is 19.8 Å². The second kappa shape index (κ2) is 10.2. The maximum atomic E-state index is 12.4. The van der Waals surface area contributed by atoms with E-state index >= 15 is 0 Å². The number of anilines is 1. The molecule has 3 aromatic rings. The second-order valence-corrected chi connectivity index (χ2v) is 6.67. The number of hydrogen-bond donors (Lipinski definition) is 1. The first-order valence-electron chi connectivity index (χ1n) is 9.84. The number of amides is 1. The molecule has 0 spiro atoms. The Bertz CT molecular complexity index is 978. The van der Waals surface area contributed by atoms with E-state index in [0.29, 0.717) is 43.1 Å². The lowest BCUT2D eigenvalue weighted by Crippen LogP contribution is -2.13. The molecule has 1 aromatic heterocycles. The lowest BCUT2D eigenvalue weighted by molar-refractivity contribution is -0.116. The molecule has 0 saturated carbocycles. The molecule has 0 radical (unpaired) electrons. The molecule has 0 atom stereocenters. The van der Waals surface area contributed by atoms with Crippen molar-refractivity contribution in [3.8, 4) is 11.5 Å². The fourth-order valence-electron chi connectivity index (χ4n) is 2.86. The van der Waals surface area contributed by atoms with Gasteiger partial charge in [0.2, 0.25) is 11.7 Å². The van der Waals surface area contributed by atoms with Crippen LogP contribution in [0.3, 0.4) is 0 Å². The molecule has 1 N–H and O–H groups in total. The molecule has 30 heavy (non-hydrogen) atoms. The average molecular weight is 407 g/mol. The highest BCUT2D eigenvalue weighted by molar-refractivity contribution is 6.07. The summed E-state index contributed by atoms with van der Waals surface area (Å²) in [5, 5.41) is 2.83. The maximum absolute atomic E-state index is 12.4. The predicted molar refractivity (Wildman–Crippen MR) is 114 cm³/mol. The number of ether oxygens (including phenoxy) is 2. The molecule has 7 nitrogen and oxygen atoms in total. The molecule has 2 aromatic carbocycles. The Morgan fingerprint density at radius 3 is 2.27 bits per heavy atom. The largest absolute Gasteiger partial charge is 0.494 e. The van der Waals surface area contributed by atoms with Gasteiger partial charge in [0.05, 0.1) is 13.2 Å². The molecule has 0 aliphatic heterocycles. The third-order valence-electron chi connectivity index (χ3n) is 4.41. The van der Waals surface area contributed by atoms with Crippen LogP contribution in [0.2, 0.25) is 0 Å². The van der Waals surface area contributed by atoms with E-state index in [-0.39, 0.29) is 11.7 Å². The molecule has 0 unspecified atom stereocenters. The highest BCUT2D eigenvalue weighted by Crippen LogP contribution is 2.18. The van der Waals surface area contributed by atoms with Crippen molar-refractivity contribution < 1.29 is 19.1 Å². The summed E-state index contributed by atoms with van der Waals surface area (Å²) in [6.45, 7) is 3.00. The van der Waals surface area contributed by atoms with Crippen molar-refractivity contribution in [1.82, 2.24) is 9.55 Å². The molecular formula is C23H25N3O4. The van der Waals surface area contributed by atoms with Gasteiger partial charge in [0.15, 0.2) is 5.82 Å². The average Bonchev–Trinajstić information content (AvgIpc) is 3.18. The standard InChI is InChI=1S/C23H25N3O4/c1-3-29-19-10-12-20(13-11-19)30-16-4-5-21(27)25-18-8-6-17(7-9-18)22(28)23-24-14-15-26(23)2/h6-15H,3-5,16H2,1-2H3,(H,25,27). The number of carbonyl (C=O) groups is 2. The van der Waals surface area contributed by atoms with Crippen molar-refractivity contribution >= 4 is 17.4 Å². The van der Waals surface area contributed by atoms with Crippen LogP contribution in [-0.4, -0.2) is 34.5 Å². The van der Waals surface area contributed by atoms with E-state index in [1.54, 1.807) is 48.3 Å². The Morgan fingerprint density at radius 1 is 1.00 bits per heavy atom. The van der Waals surface area contributed by atoms with Gasteiger partial charge in [0, 0.05) is 37.1 Å². The summed E-state index contributed by atoms with van der Waals surface area (Å²) in [6.07, 6.45) is 4.24. The number of nitrogens with zero attached hydrogens (tertiary/aromatic N) is 2. The Morgan fingerprint density at radius 2 is 1.67 bits per heavy atom. The van der Waals surface area contributed by atoms with Crippen LogP contribution in [0.25, 0.3) is 0 Å². The molecule has 7 heteroatoms. The molecule has 0 aliphatic carbocycles. The predicted octanol–water partition coefficient (Wildman–Crippen LogP) is 3.85. The minimum absolute atomic E-state index is 0.103. The first-order valence-corrected chi connectivity index (χ1v) is 9.84. The zero-order valence-electron chi connectivity index (χ0n) is 17.1. The molecule has 156 valence electrons. The van der Waals surface area contributed by atoms with E-state index in [2.05, 4.69) is 10.3 Å². The number of aromatic nitrogens is 2. The zero-order chi connectivity index (χ0) is 21.3. The van der Waals surface area contributed by atoms with Crippen LogP contribution in [-0.2, 0) is 11.8 Å². The van der Waals surface area contributed by atoms with Gasteiger partial charge in [0.25, 0.3) is 0 Å². The fourth-order valence-corrected chi connectivity index (χ4v) is 2.86. The van der Waals surface area contributed by atoms with E-state index in [1.165, 1.54) is 0 Å². The number of carbonyl (C=O) groups excluding carboxylic acids is 2. The molecule has 1 amide bonds. The van der Waals surface area contributed by atoms with Crippen LogP contribution < -0.4 is 14.8 Å². The van der Waals surface area contributed by atoms with Crippen molar-refractivity contribution in [3.05, 3.63) is 72.3 Å². The molecule has 0 fully saturated rings. The third kappa shape index (κ3) is 5.70. The normalized spacial score (nSPS) is 10.5. The number of hydrogen-bond acceptors (Lipinski definition) is 5. The SMILES string of the molecule is CCOc1ccc(OCCCC(=O)Nc2ccc(C(=O)c3nccn3C)cc2)cc1. The Labute approximate surface area is 175 Å². The van der Waals surface area contributed by atoms with Crippen LogP contribution in [0, 0.1) is 0 Å². The van der Waals surface area contributed by atoms with Crippen LogP contribution in [0.15, 0.2) is 60.9 Å². The molecule has 3 rings (SSSR count). The summed E-state index contributed by atoms with van der Waals surface area (Å²) in [6, 6.07) is 14.2. The van der Waals surface area contributed by atoms with E-state index in [1.807, 2.05) is 31.2 Å². The van der Waals surface area contributed by atoms with Crippen LogP contribution in [0.4, 0.5) is 5.69 Å². The fraction of sp³-hybridized carbons (Fsp3) is 0.261. The Kier molecular flexibility index (Phi) is 7.21. The number of rotatable bonds is 10. The van der Waals surface area contributed by atoms with Crippen LogP contribution in [0.1, 0.15) is 35.9 Å². The Balaban J connectivity index is 1.41. The van der Waals surface area contributed by atoms with Gasteiger partial charge in [-0.25, -0.2) is 4.98 Å². The van der Waals surface area contributed by atoms with Gasteiger partial charge >= 0.3 is 0 Å². The van der Waals surface area contributed by atoms with Crippen LogP contribution >= 0.6 is 0 Å². The summed E-state index contributed by atoms with van der Waals surface area (Å²) in [5.41, 5.74) is 1.16. The van der Waals surface area contributed by atoms with E-state index < -0.39 is 0 Å². The summed E-state index contributed by atoms with van der Waals surface area (Å²) < 4.78 is 12.7. The van der Waals surface area contributed by atoms with Crippen LogP contribution in [0.5, 0.6) is 11.5 Å². The van der Waals surface area contributed by atoms with Crippen molar-refractivity contribution in [1.29, 1.82) is 0 Å². The first-order chi connectivity index (χ1) is 14.6. The molecular weight excluding hydrogens is 382 g/mol. The first kappa shape index (κ1) is 21.1. The summed E-state index contributed by atoms with van der Waals surface area (Å²) >= 11 is 0. The summed E-state index contributed by atoms with van der Waals surface area (Å²) in [7, 11) is 1.77. The molecule has 1 heterocycles. The summed E-state index contributed by atoms with van der Waals surface area (Å²) in [5.74, 6) is 1.66. The monoisotopic (exact) mass is 407 g/mol. The minimum atomic E-state index is -0.160. The van der Waals surface area contributed by atoms with E-state index in [9.17, 15) is 9.59 Å². The smallest absolute Gasteiger partial charge is 0.228 e. The highest BCUT2D eigenvalue weighted by Gasteiger charge is 2.13. The molecule has 0 bridgehead atoms. The Hall–Kier alpha value is -3.61. The highest BCUT2D eigenvalue weighted by atomic mass is 16.5. The number of benzene rings is 2. The van der Waals surface area contributed by atoms with Gasteiger partial charge in [-0.05, 0) is 61.9 Å². The lowest BCUT2D eigenvalue weighted by atomic mass is 10.1. The van der Waals surface area contributed by atoms with Gasteiger partial charge in [-0.1, -0.05) is 0 Å². The van der Waals surface area contributed by atoms with Gasteiger partial charge in [-0.3, -0.25) is 9.59 Å². The number of aryl methyl sites for hydroxylation is 1. The van der Waals surface area contributed by atoms with Gasteiger partial charge < -0.3 is 19.4 Å². The van der Waals surface area contributed by atoms with E-state index in [4.69, 9.17) is 9.47 Å². The quantitative estimate of drug-likeness (QED) is 0.408. The topological polar surface area (TPSA) is 82.4 Å². The number of nitrogens with one attached hydrogen (secondary N) is 1. The second-order valence-electron chi connectivity index (χ2n) is 6.67. The van der Waals surface area contributed by atoms with Gasteiger partial charge in [0.1, 0.15) is 11.5 Å². The number of imidazole rings is 1. The van der Waals surface area contributed by atoms with Crippen molar-refractivity contribution in [2.75, 3.05) is 18.5 Å². The number of ketones is 1. The molecule has 0 aliphatic rings. The maximum Gasteiger partial charge on any atom is 0.228 e. The minimum Gasteiger partial charge on any atom is -0.494 e. The lowest BCUT2D eigenvalue weighted by Gasteiger charge is -2.09. The van der Waals surface area contributed by atoms with E-state index in [0.717, 1.165) is 11.5 Å². The van der Waals surface area contributed by atoms with Crippen molar-refractivity contribution in [3.63, 3.8) is 0 Å². The molecule has 0 saturated heterocycles.